The van der Waals surface area contributed by atoms with Gasteiger partial charge in [-0.2, -0.15) is 0 Å². The highest BCUT2D eigenvalue weighted by Gasteiger charge is 2.11. The van der Waals surface area contributed by atoms with Crippen LogP contribution in [0, 0.1) is 19.7 Å². The number of benzene rings is 1. The van der Waals surface area contributed by atoms with Crippen LogP contribution in [0.15, 0.2) is 28.9 Å². The number of nitrogens with zero attached hydrogens (tertiary/aromatic N) is 2. The minimum absolute atomic E-state index is 0.234. The fourth-order valence-electron chi connectivity index (χ4n) is 2.15. The number of halogens is 2. The van der Waals surface area contributed by atoms with Crippen LogP contribution in [-0.2, 0) is 0 Å². The third-order valence-electron chi connectivity index (χ3n) is 2.98. The number of hydrogen-bond acceptors (Lipinski definition) is 1. The lowest BCUT2D eigenvalue weighted by atomic mass is 10.1. The van der Waals surface area contributed by atoms with Gasteiger partial charge in [0.15, 0.2) is 0 Å². The molecule has 3 aromatic rings. The van der Waals surface area contributed by atoms with E-state index in [4.69, 9.17) is 0 Å². The molecular weight excluding hydrogens is 283 g/mol. The number of hydrogen-bond donors (Lipinski definition) is 0. The molecule has 3 rings (SSSR count). The highest BCUT2D eigenvalue weighted by Crippen LogP contribution is 2.27. The van der Waals surface area contributed by atoms with Gasteiger partial charge in [0, 0.05) is 5.39 Å². The summed E-state index contributed by atoms with van der Waals surface area (Å²) in [5.74, 6) is -0.234. The van der Waals surface area contributed by atoms with Crippen molar-refractivity contribution in [3.63, 3.8) is 0 Å². The van der Waals surface area contributed by atoms with Crippen LogP contribution >= 0.6 is 15.9 Å². The van der Waals surface area contributed by atoms with Gasteiger partial charge in [0.1, 0.15) is 16.1 Å². The third kappa shape index (κ3) is 1.47. The minimum atomic E-state index is -0.234. The topological polar surface area (TPSA) is 17.3 Å². The maximum Gasteiger partial charge on any atom is 0.138 e. The molecule has 2 aromatic heterocycles. The van der Waals surface area contributed by atoms with Gasteiger partial charge < -0.3 is 0 Å². The van der Waals surface area contributed by atoms with Gasteiger partial charge in [-0.15, -0.1) is 0 Å². The van der Waals surface area contributed by atoms with Gasteiger partial charge in [0.25, 0.3) is 0 Å². The second-order valence-corrected chi connectivity index (χ2v) is 4.92. The fraction of sp³-hybridized carbons (Fsp3) is 0.154. The maximum atomic E-state index is 13.4. The van der Waals surface area contributed by atoms with Gasteiger partial charge in [-0.3, -0.25) is 4.40 Å². The van der Waals surface area contributed by atoms with Gasteiger partial charge in [0.05, 0.1) is 11.2 Å². The fourth-order valence-corrected chi connectivity index (χ4v) is 2.61. The molecule has 17 heavy (non-hydrogen) atoms. The van der Waals surface area contributed by atoms with E-state index in [2.05, 4.69) is 20.9 Å². The van der Waals surface area contributed by atoms with Crippen LogP contribution in [0.1, 0.15) is 11.3 Å². The zero-order valence-corrected chi connectivity index (χ0v) is 11.0. The van der Waals surface area contributed by atoms with Crippen molar-refractivity contribution in [1.29, 1.82) is 0 Å². The molecule has 2 nitrogen and oxygen atoms in total. The molecule has 0 saturated carbocycles. The molecule has 0 amide bonds. The summed E-state index contributed by atoms with van der Waals surface area (Å²) in [5.41, 5.74) is 3.68. The molecule has 1 aromatic carbocycles. The van der Waals surface area contributed by atoms with Crippen molar-refractivity contribution in [2.75, 3.05) is 0 Å². The smallest absolute Gasteiger partial charge is 0.138 e. The Bertz CT molecular complexity index is 746. The van der Waals surface area contributed by atoms with E-state index >= 15 is 0 Å². The number of imidazole rings is 1. The van der Waals surface area contributed by atoms with E-state index < -0.39 is 0 Å². The molecule has 0 N–H and O–H groups in total. The Kier molecular flexibility index (Phi) is 2.23. The first-order chi connectivity index (χ1) is 8.08. The Balaban J connectivity index is 2.64. The highest BCUT2D eigenvalue weighted by atomic mass is 79.9. The lowest BCUT2D eigenvalue weighted by Crippen LogP contribution is -1.92. The number of rotatable bonds is 0. The minimum Gasteiger partial charge on any atom is -0.286 e. The predicted octanol–water partition coefficient (Wildman–Crippen LogP) is 4.01. The molecule has 0 radical (unpaired) electrons. The molecule has 0 saturated heterocycles. The molecule has 0 aliphatic rings. The zero-order chi connectivity index (χ0) is 12.2. The van der Waals surface area contributed by atoms with Crippen molar-refractivity contribution in [2.24, 2.45) is 0 Å². The van der Waals surface area contributed by atoms with Crippen LogP contribution in [0.3, 0.4) is 0 Å². The number of pyridine rings is 1. The predicted molar refractivity (Wildman–Crippen MR) is 69.8 cm³/mol. The maximum absolute atomic E-state index is 13.4. The summed E-state index contributed by atoms with van der Waals surface area (Å²) in [7, 11) is 0. The van der Waals surface area contributed by atoms with Crippen LogP contribution in [0.5, 0.6) is 0 Å². The standard InChI is InChI=1S/C13H10BrFN2/c1-7-5-12-16-8(2)13(14)17(12)11-6-9(15)3-4-10(7)11/h3-6H,1-2H3. The molecule has 0 aliphatic heterocycles. The molecule has 0 fully saturated rings. The summed E-state index contributed by atoms with van der Waals surface area (Å²) in [6.45, 7) is 3.94. The second kappa shape index (κ2) is 3.53. The Morgan fingerprint density at radius 1 is 1.24 bits per heavy atom. The van der Waals surface area contributed by atoms with Gasteiger partial charge >= 0.3 is 0 Å². The van der Waals surface area contributed by atoms with Crippen LogP contribution in [0.25, 0.3) is 16.6 Å². The van der Waals surface area contributed by atoms with Crippen molar-refractivity contribution in [3.8, 4) is 0 Å². The average Bonchev–Trinajstić information content (AvgIpc) is 2.54. The van der Waals surface area contributed by atoms with Crippen molar-refractivity contribution < 1.29 is 4.39 Å². The molecule has 4 heteroatoms. The van der Waals surface area contributed by atoms with Gasteiger partial charge in [-0.05, 0) is 59.6 Å². The van der Waals surface area contributed by atoms with Crippen LogP contribution in [0.4, 0.5) is 4.39 Å². The zero-order valence-electron chi connectivity index (χ0n) is 9.46. The highest BCUT2D eigenvalue weighted by molar-refractivity contribution is 9.10. The monoisotopic (exact) mass is 292 g/mol. The number of aromatic nitrogens is 2. The van der Waals surface area contributed by atoms with E-state index in [1.165, 1.54) is 6.07 Å². The van der Waals surface area contributed by atoms with Gasteiger partial charge in [-0.1, -0.05) is 0 Å². The lowest BCUT2D eigenvalue weighted by molar-refractivity contribution is 0.629. The molecular formula is C13H10BrFN2. The Labute approximate surface area is 106 Å². The summed E-state index contributed by atoms with van der Waals surface area (Å²) in [5, 5.41) is 1.04. The first-order valence-corrected chi connectivity index (χ1v) is 6.10. The van der Waals surface area contributed by atoms with Gasteiger partial charge in [0.2, 0.25) is 0 Å². The van der Waals surface area contributed by atoms with Crippen molar-refractivity contribution in [3.05, 3.63) is 45.9 Å². The summed E-state index contributed by atoms with van der Waals surface area (Å²) in [6.07, 6.45) is 0. The molecule has 0 atom stereocenters. The van der Waals surface area contributed by atoms with E-state index in [0.717, 1.165) is 32.4 Å². The summed E-state index contributed by atoms with van der Waals surface area (Å²) >= 11 is 3.50. The van der Waals surface area contributed by atoms with Gasteiger partial charge in [-0.25, -0.2) is 9.37 Å². The van der Waals surface area contributed by atoms with E-state index in [-0.39, 0.29) is 5.82 Å². The molecule has 0 unspecified atom stereocenters. The summed E-state index contributed by atoms with van der Waals surface area (Å²) < 4.78 is 16.2. The Morgan fingerprint density at radius 2 is 2.00 bits per heavy atom. The Hall–Kier alpha value is -1.42. The molecule has 0 spiro atoms. The van der Waals surface area contributed by atoms with Crippen molar-refractivity contribution >= 4 is 32.5 Å². The quantitative estimate of drug-likeness (QED) is 0.612. The average molecular weight is 293 g/mol. The largest absolute Gasteiger partial charge is 0.286 e. The van der Waals surface area contributed by atoms with E-state index in [1.54, 1.807) is 12.1 Å². The molecule has 0 bridgehead atoms. The first kappa shape index (κ1) is 10.7. The van der Waals surface area contributed by atoms with E-state index in [9.17, 15) is 4.39 Å². The number of aryl methyl sites for hydroxylation is 2. The lowest BCUT2D eigenvalue weighted by Gasteiger charge is -2.06. The van der Waals surface area contributed by atoms with Crippen LogP contribution in [0.2, 0.25) is 0 Å². The van der Waals surface area contributed by atoms with E-state index in [1.807, 2.05) is 24.3 Å². The molecule has 2 heterocycles. The van der Waals surface area contributed by atoms with Crippen molar-refractivity contribution in [2.45, 2.75) is 13.8 Å². The Morgan fingerprint density at radius 3 is 2.76 bits per heavy atom. The summed E-state index contributed by atoms with van der Waals surface area (Å²) in [4.78, 5) is 4.45. The molecule has 0 aliphatic carbocycles. The third-order valence-corrected chi connectivity index (χ3v) is 3.91. The second-order valence-electron chi connectivity index (χ2n) is 4.17. The molecule has 86 valence electrons. The van der Waals surface area contributed by atoms with E-state index in [0.29, 0.717) is 0 Å². The SMILES string of the molecule is Cc1nc2cc(C)c3ccc(F)cc3n2c1Br. The van der Waals surface area contributed by atoms with Crippen LogP contribution in [-0.4, -0.2) is 9.38 Å². The normalized spacial score (nSPS) is 11.5. The van der Waals surface area contributed by atoms with Crippen LogP contribution < -0.4 is 0 Å². The first-order valence-electron chi connectivity index (χ1n) is 5.31. The van der Waals surface area contributed by atoms with Crippen molar-refractivity contribution in [1.82, 2.24) is 9.38 Å². The number of fused-ring (bicyclic) bond motifs is 3. The summed E-state index contributed by atoms with van der Waals surface area (Å²) in [6, 6.07) is 6.85.